The molecule has 3 heterocycles. The van der Waals surface area contributed by atoms with Gasteiger partial charge in [-0.25, -0.2) is 0 Å². The lowest BCUT2D eigenvalue weighted by molar-refractivity contribution is 1.18. The Bertz CT molecular complexity index is 2960. The van der Waals surface area contributed by atoms with E-state index in [1.54, 1.807) is 0 Å². The predicted molar refractivity (Wildman–Crippen MR) is 248 cm³/mol. The van der Waals surface area contributed by atoms with E-state index >= 15 is 0 Å². The van der Waals surface area contributed by atoms with Gasteiger partial charge >= 0.3 is 0 Å². The highest BCUT2D eigenvalue weighted by atomic mass is 31.1. The highest BCUT2D eigenvalue weighted by Crippen LogP contribution is 2.38. The fraction of sp³-hybridized carbons (Fsp3) is 0. The molecule has 0 unspecified atom stereocenters. The lowest BCUT2D eigenvalue weighted by Gasteiger charge is -2.21. The van der Waals surface area contributed by atoms with Crippen LogP contribution in [0, 0.1) is 0 Å². The summed E-state index contributed by atoms with van der Waals surface area (Å²) in [6.45, 7) is 0. The molecule has 9 aromatic carbocycles. The third-order valence-electron chi connectivity index (χ3n) is 11.8. The monoisotopic (exact) mass is 757 g/mol. The fourth-order valence-electron chi connectivity index (χ4n) is 9.30. The van der Waals surface area contributed by atoms with Crippen molar-refractivity contribution >= 4 is 89.3 Å². The molecule has 272 valence electrons. The van der Waals surface area contributed by atoms with E-state index in [0.717, 1.165) is 0 Å². The highest BCUT2D eigenvalue weighted by Gasteiger charge is 2.20. The molecule has 0 aliphatic rings. The lowest BCUT2D eigenvalue weighted by atomic mass is 10.2. The average Bonchev–Trinajstić information content (AvgIpc) is 3.93. The number of aromatic nitrogens is 3. The molecule has 0 aliphatic carbocycles. The van der Waals surface area contributed by atoms with Gasteiger partial charge < -0.3 is 13.7 Å². The molecule has 0 amide bonds. The zero-order chi connectivity index (χ0) is 38.2. The summed E-state index contributed by atoms with van der Waals surface area (Å²) in [6.07, 6.45) is 0. The second kappa shape index (κ2) is 13.2. The van der Waals surface area contributed by atoms with Gasteiger partial charge in [0.15, 0.2) is 0 Å². The Balaban J connectivity index is 0.996. The highest BCUT2D eigenvalue weighted by molar-refractivity contribution is 7.79. The third kappa shape index (κ3) is 5.04. The van der Waals surface area contributed by atoms with Crippen LogP contribution in [0.2, 0.25) is 0 Å². The first-order valence-corrected chi connectivity index (χ1v) is 21.2. The topological polar surface area (TPSA) is 14.8 Å². The SMILES string of the molecule is c1ccc2c(c1)c1ccccc1n2-c1ccc(P(c2ccc(-n3c4ccccc4c4ccccc43)cc2)c2ccc(-n3c4ccccc4c4ccccc43)cc2)cc1. The zero-order valence-corrected chi connectivity index (χ0v) is 32.5. The first-order valence-electron chi connectivity index (χ1n) is 19.9. The molecule has 3 aromatic heterocycles. The molecule has 0 aliphatic heterocycles. The van der Waals surface area contributed by atoms with Crippen LogP contribution in [0.25, 0.3) is 82.5 Å². The van der Waals surface area contributed by atoms with Crippen LogP contribution in [-0.4, -0.2) is 13.7 Å². The summed E-state index contributed by atoms with van der Waals surface area (Å²) in [4.78, 5) is 0. The molecule has 0 saturated heterocycles. The summed E-state index contributed by atoms with van der Waals surface area (Å²) in [5, 5.41) is 11.6. The maximum atomic E-state index is 2.40. The van der Waals surface area contributed by atoms with Gasteiger partial charge in [-0.3, -0.25) is 0 Å². The van der Waals surface area contributed by atoms with Gasteiger partial charge in [-0.15, -0.1) is 0 Å². The molecule has 0 spiro atoms. The van der Waals surface area contributed by atoms with Crippen molar-refractivity contribution in [2.24, 2.45) is 0 Å². The Kier molecular flexibility index (Phi) is 7.51. The molecule has 0 radical (unpaired) electrons. The minimum absolute atomic E-state index is 0.891. The van der Waals surface area contributed by atoms with Gasteiger partial charge in [0, 0.05) is 49.4 Å². The number of hydrogen-bond acceptors (Lipinski definition) is 0. The maximum Gasteiger partial charge on any atom is 0.0541 e. The molecule has 0 saturated carbocycles. The van der Waals surface area contributed by atoms with E-state index in [2.05, 4.69) is 232 Å². The summed E-state index contributed by atoms with van der Waals surface area (Å²) in [6, 6.07) is 80.3. The molecule has 12 aromatic rings. The fourth-order valence-corrected chi connectivity index (χ4v) is 11.5. The van der Waals surface area contributed by atoms with Crippen molar-refractivity contribution in [1.29, 1.82) is 0 Å². The number of fused-ring (bicyclic) bond motifs is 9. The minimum Gasteiger partial charge on any atom is -0.309 e. The number of para-hydroxylation sites is 6. The first-order chi connectivity index (χ1) is 28.8. The molecule has 3 nitrogen and oxygen atoms in total. The van der Waals surface area contributed by atoms with Crippen LogP contribution in [0.4, 0.5) is 0 Å². The van der Waals surface area contributed by atoms with Gasteiger partial charge in [0.05, 0.1) is 33.1 Å². The van der Waals surface area contributed by atoms with Crippen molar-refractivity contribution < 1.29 is 0 Å². The van der Waals surface area contributed by atoms with Crippen LogP contribution in [0.15, 0.2) is 218 Å². The van der Waals surface area contributed by atoms with Crippen molar-refractivity contribution in [3.05, 3.63) is 218 Å². The average molecular weight is 758 g/mol. The largest absolute Gasteiger partial charge is 0.309 e. The van der Waals surface area contributed by atoms with E-state index in [4.69, 9.17) is 0 Å². The van der Waals surface area contributed by atoms with E-state index in [9.17, 15) is 0 Å². The maximum absolute atomic E-state index is 2.40. The Labute approximate surface area is 337 Å². The summed E-state index contributed by atoms with van der Waals surface area (Å²) < 4.78 is 7.20. The number of nitrogens with zero attached hydrogens (tertiary/aromatic N) is 3. The number of rotatable bonds is 6. The van der Waals surface area contributed by atoms with Gasteiger partial charge in [-0.05, 0) is 96.6 Å². The first kappa shape index (κ1) is 33.0. The lowest BCUT2D eigenvalue weighted by Crippen LogP contribution is -2.21. The predicted octanol–water partition coefficient (Wildman–Crippen LogP) is 12.7. The van der Waals surface area contributed by atoms with Crippen LogP contribution < -0.4 is 15.9 Å². The standard InChI is InChI=1S/C54H36N3P/c1-7-19-49-43(13-1)44-14-2-8-20-50(44)55(49)37-25-31-40(32-26-37)58(41-33-27-38(28-34-41)56-51-21-9-3-15-45(51)46-16-4-10-22-52(46)56)42-35-29-39(30-36-42)57-53-23-11-5-17-47(53)48-18-6-12-24-54(48)57/h1-36H. The third-order valence-corrected chi connectivity index (χ3v) is 14.3. The van der Waals surface area contributed by atoms with Crippen molar-refractivity contribution in [3.63, 3.8) is 0 Å². The van der Waals surface area contributed by atoms with Crippen molar-refractivity contribution in [2.75, 3.05) is 0 Å². The van der Waals surface area contributed by atoms with Crippen LogP contribution in [0.3, 0.4) is 0 Å². The van der Waals surface area contributed by atoms with Crippen molar-refractivity contribution in [3.8, 4) is 17.1 Å². The summed E-state index contributed by atoms with van der Waals surface area (Å²) >= 11 is 0. The van der Waals surface area contributed by atoms with E-state index in [-0.39, 0.29) is 0 Å². The molecule has 0 atom stereocenters. The van der Waals surface area contributed by atoms with Gasteiger partial charge in [0.1, 0.15) is 0 Å². The van der Waals surface area contributed by atoms with E-state index in [1.165, 1.54) is 98.4 Å². The normalized spacial score (nSPS) is 11.9. The van der Waals surface area contributed by atoms with Crippen LogP contribution in [0.1, 0.15) is 0 Å². The quantitative estimate of drug-likeness (QED) is 0.150. The van der Waals surface area contributed by atoms with Crippen molar-refractivity contribution in [2.45, 2.75) is 0 Å². The molecule has 58 heavy (non-hydrogen) atoms. The number of hydrogen-bond donors (Lipinski definition) is 0. The van der Waals surface area contributed by atoms with E-state index in [0.29, 0.717) is 0 Å². The Morgan fingerprint density at radius 3 is 0.603 bits per heavy atom. The smallest absolute Gasteiger partial charge is 0.0541 e. The molecule has 12 rings (SSSR count). The Morgan fingerprint density at radius 2 is 0.397 bits per heavy atom. The summed E-state index contributed by atoms with van der Waals surface area (Å²) in [5.41, 5.74) is 10.8. The Hall–Kier alpha value is -7.19. The molecule has 0 N–H and O–H groups in total. The molecule has 0 fully saturated rings. The van der Waals surface area contributed by atoms with Crippen LogP contribution >= 0.6 is 7.92 Å². The van der Waals surface area contributed by atoms with E-state index in [1.807, 2.05) is 0 Å². The van der Waals surface area contributed by atoms with Crippen LogP contribution in [-0.2, 0) is 0 Å². The van der Waals surface area contributed by atoms with Gasteiger partial charge in [0.25, 0.3) is 0 Å². The summed E-state index contributed by atoms with van der Waals surface area (Å²) in [5.74, 6) is 0. The zero-order valence-electron chi connectivity index (χ0n) is 31.6. The van der Waals surface area contributed by atoms with Crippen LogP contribution in [0.5, 0.6) is 0 Å². The minimum atomic E-state index is -0.891. The molecular formula is C54H36N3P. The van der Waals surface area contributed by atoms with Crippen molar-refractivity contribution in [1.82, 2.24) is 13.7 Å². The summed E-state index contributed by atoms with van der Waals surface area (Å²) in [7, 11) is -0.891. The second-order valence-corrected chi connectivity index (χ2v) is 17.2. The molecular weight excluding hydrogens is 722 g/mol. The van der Waals surface area contributed by atoms with Gasteiger partial charge in [-0.1, -0.05) is 146 Å². The molecule has 0 bridgehead atoms. The Morgan fingerprint density at radius 1 is 0.207 bits per heavy atom. The van der Waals surface area contributed by atoms with Gasteiger partial charge in [0.2, 0.25) is 0 Å². The second-order valence-electron chi connectivity index (χ2n) is 15.0. The van der Waals surface area contributed by atoms with Gasteiger partial charge in [-0.2, -0.15) is 0 Å². The molecule has 4 heteroatoms. The van der Waals surface area contributed by atoms with E-state index < -0.39 is 7.92 Å². The number of benzene rings is 9.